The second kappa shape index (κ2) is 7.95. The van der Waals surface area contributed by atoms with E-state index in [4.69, 9.17) is 4.74 Å². The molecule has 0 atom stereocenters. The molecule has 8 heteroatoms. The van der Waals surface area contributed by atoms with E-state index in [0.29, 0.717) is 25.4 Å². The average molecular weight is 426 g/mol. The van der Waals surface area contributed by atoms with Crippen molar-refractivity contribution in [2.75, 3.05) is 24.4 Å². The van der Waals surface area contributed by atoms with E-state index in [1.54, 1.807) is 47.4 Å². The maximum atomic E-state index is 13.3. The minimum absolute atomic E-state index is 0.0327. The molecule has 2 aromatic rings. The van der Waals surface area contributed by atoms with Gasteiger partial charge in [-0.15, -0.1) is 0 Å². The van der Waals surface area contributed by atoms with Crippen LogP contribution in [0.1, 0.15) is 40.5 Å². The fourth-order valence-corrected chi connectivity index (χ4v) is 5.19. The van der Waals surface area contributed by atoms with E-state index in [9.17, 15) is 18.0 Å². The number of allylic oxidation sites excluding steroid dienone is 2. The number of benzene rings is 2. The fourth-order valence-electron chi connectivity index (χ4n) is 3.81. The highest BCUT2D eigenvalue weighted by Gasteiger charge is 2.41. The van der Waals surface area contributed by atoms with Gasteiger partial charge in [0.2, 0.25) is 11.6 Å². The van der Waals surface area contributed by atoms with Gasteiger partial charge in [0.15, 0.2) is 4.91 Å². The second-order valence-corrected chi connectivity index (χ2v) is 8.76. The van der Waals surface area contributed by atoms with Gasteiger partial charge in [0.05, 0.1) is 6.61 Å². The van der Waals surface area contributed by atoms with E-state index < -0.39 is 26.5 Å². The summed E-state index contributed by atoms with van der Waals surface area (Å²) in [6.45, 7) is 3.43. The summed E-state index contributed by atoms with van der Waals surface area (Å²) in [5.74, 6) is -0.486. The Bertz CT molecular complexity index is 1130. The van der Waals surface area contributed by atoms with Gasteiger partial charge < -0.3 is 9.64 Å². The largest absolute Gasteiger partial charge is 0.494 e. The highest BCUT2D eigenvalue weighted by molar-refractivity contribution is 7.97. The van der Waals surface area contributed by atoms with Crippen LogP contribution >= 0.6 is 0 Å². The molecule has 2 aromatic carbocycles. The smallest absolute Gasteiger partial charge is 0.268 e. The number of nitrogens with one attached hydrogen (secondary N) is 1. The maximum absolute atomic E-state index is 13.3. The van der Waals surface area contributed by atoms with Crippen LogP contribution in [-0.2, 0) is 10.0 Å². The molecule has 0 aromatic heterocycles. The highest BCUT2D eigenvalue weighted by Crippen LogP contribution is 2.33. The zero-order valence-electron chi connectivity index (χ0n) is 16.6. The first-order chi connectivity index (χ1) is 14.4. The second-order valence-electron chi connectivity index (χ2n) is 7.14. The Hall–Kier alpha value is -3.13. The highest BCUT2D eigenvalue weighted by atomic mass is 32.2. The van der Waals surface area contributed by atoms with Crippen LogP contribution < -0.4 is 9.46 Å². The number of hydrogen-bond acceptors (Lipinski definition) is 6. The molecule has 1 saturated heterocycles. The Morgan fingerprint density at radius 3 is 2.13 bits per heavy atom. The summed E-state index contributed by atoms with van der Waals surface area (Å²) in [6, 6.07) is 12.7. The van der Waals surface area contributed by atoms with E-state index in [0.717, 1.165) is 12.8 Å². The lowest BCUT2D eigenvalue weighted by molar-refractivity contribution is 0.0953. The third kappa shape index (κ3) is 3.59. The zero-order valence-corrected chi connectivity index (χ0v) is 17.4. The van der Waals surface area contributed by atoms with Crippen LogP contribution in [0, 0.1) is 0 Å². The first-order valence-corrected chi connectivity index (χ1v) is 11.3. The average Bonchev–Trinajstić information content (AvgIpc) is 3.26. The van der Waals surface area contributed by atoms with Crippen molar-refractivity contribution in [2.45, 2.75) is 19.8 Å². The van der Waals surface area contributed by atoms with E-state index in [1.165, 1.54) is 6.07 Å². The minimum atomic E-state index is -4.30. The van der Waals surface area contributed by atoms with Crippen LogP contribution in [0.4, 0.5) is 5.69 Å². The van der Waals surface area contributed by atoms with Crippen molar-refractivity contribution >= 4 is 27.3 Å². The van der Waals surface area contributed by atoms with Crippen molar-refractivity contribution in [3.63, 3.8) is 0 Å². The van der Waals surface area contributed by atoms with Crippen LogP contribution in [0.5, 0.6) is 5.75 Å². The van der Waals surface area contributed by atoms with E-state index in [1.807, 2.05) is 6.92 Å². The SMILES string of the molecule is CCOc1ccc(NS(=O)(=O)C2=C(N3CCCC3)C(=O)c3ccccc3C2=O)cc1. The molecule has 0 amide bonds. The fraction of sp³-hybridized carbons (Fsp3) is 0.273. The molecule has 0 spiro atoms. The molecule has 1 aliphatic heterocycles. The van der Waals surface area contributed by atoms with Gasteiger partial charge >= 0.3 is 0 Å². The molecule has 0 radical (unpaired) electrons. The Morgan fingerprint density at radius 2 is 1.53 bits per heavy atom. The summed E-state index contributed by atoms with van der Waals surface area (Å²) in [4.78, 5) is 27.7. The summed E-state index contributed by atoms with van der Waals surface area (Å²) < 4.78 is 34.4. The Kier molecular flexibility index (Phi) is 5.34. The molecular weight excluding hydrogens is 404 g/mol. The van der Waals surface area contributed by atoms with Crippen molar-refractivity contribution in [3.8, 4) is 5.75 Å². The van der Waals surface area contributed by atoms with E-state index >= 15 is 0 Å². The molecular formula is C22H22N2O5S. The quantitative estimate of drug-likeness (QED) is 0.763. The minimum Gasteiger partial charge on any atom is -0.494 e. The molecule has 0 saturated carbocycles. The lowest BCUT2D eigenvalue weighted by Crippen LogP contribution is -2.36. The third-order valence-electron chi connectivity index (χ3n) is 5.16. The first-order valence-electron chi connectivity index (χ1n) is 9.85. The molecule has 2 aliphatic rings. The normalized spacial score (nSPS) is 16.6. The number of likely N-dealkylation sites (tertiary alicyclic amines) is 1. The van der Waals surface area contributed by atoms with Gasteiger partial charge in [0.25, 0.3) is 10.0 Å². The predicted molar refractivity (Wildman–Crippen MR) is 113 cm³/mol. The van der Waals surface area contributed by atoms with Gasteiger partial charge in [-0.25, -0.2) is 8.42 Å². The van der Waals surface area contributed by atoms with Crippen LogP contribution in [0.15, 0.2) is 59.1 Å². The summed E-state index contributed by atoms with van der Waals surface area (Å²) in [5, 5.41) is 0. The molecule has 1 heterocycles. The number of sulfonamides is 1. The summed E-state index contributed by atoms with van der Waals surface area (Å²) in [6.07, 6.45) is 1.68. The molecule has 7 nitrogen and oxygen atoms in total. The van der Waals surface area contributed by atoms with E-state index in [-0.39, 0.29) is 22.5 Å². The number of rotatable bonds is 6. The van der Waals surface area contributed by atoms with Gasteiger partial charge in [0, 0.05) is 29.9 Å². The molecule has 156 valence electrons. The van der Waals surface area contributed by atoms with Crippen molar-refractivity contribution in [1.82, 2.24) is 4.90 Å². The van der Waals surface area contributed by atoms with Crippen LogP contribution in [0.3, 0.4) is 0 Å². The monoisotopic (exact) mass is 426 g/mol. The van der Waals surface area contributed by atoms with Crippen LogP contribution in [0.25, 0.3) is 0 Å². The van der Waals surface area contributed by atoms with Gasteiger partial charge in [-0.3, -0.25) is 14.3 Å². The molecule has 4 rings (SSSR count). The Morgan fingerprint density at radius 1 is 0.933 bits per heavy atom. The number of anilines is 1. The number of Topliss-reactive ketones (excluding diaryl/α,β-unsaturated/α-hetero) is 2. The molecule has 0 unspecified atom stereocenters. The Labute approximate surface area is 175 Å². The van der Waals surface area contributed by atoms with Gasteiger partial charge in [0.1, 0.15) is 11.4 Å². The van der Waals surface area contributed by atoms with Gasteiger partial charge in [-0.05, 0) is 44.0 Å². The van der Waals surface area contributed by atoms with Crippen LogP contribution in [0.2, 0.25) is 0 Å². The standard InChI is InChI=1S/C22H22N2O5S/c1-2-29-16-11-9-15(10-12-16)23-30(27,28)22-19(24-13-5-6-14-24)20(25)17-7-3-4-8-18(17)21(22)26/h3-4,7-12,23H,2,5-6,13-14H2,1H3. The van der Waals surface area contributed by atoms with Crippen molar-refractivity contribution in [3.05, 3.63) is 70.3 Å². The summed E-state index contributed by atoms with van der Waals surface area (Å²) in [7, 11) is -4.30. The van der Waals surface area contributed by atoms with E-state index in [2.05, 4.69) is 4.72 Å². The number of carbonyl (C=O) groups excluding carboxylic acids is 2. The predicted octanol–water partition coefficient (Wildman–Crippen LogP) is 3.21. The van der Waals surface area contributed by atoms with Crippen molar-refractivity contribution in [1.29, 1.82) is 0 Å². The number of ketones is 2. The zero-order chi connectivity index (χ0) is 21.3. The number of ether oxygens (including phenoxy) is 1. The topological polar surface area (TPSA) is 92.8 Å². The molecule has 1 fully saturated rings. The number of nitrogens with zero attached hydrogens (tertiary/aromatic N) is 1. The van der Waals surface area contributed by atoms with Crippen molar-refractivity contribution in [2.24, 2.45) is 0 Å². The maximum Gasteiger partial charge on any atom is 0.268 e. The third-order valence-corrected chi connectivity index (χ3v) is 6.58. The lowest BCUT2D eigenvalue weighted by Gasteiger charge is -2.27. The first kappa shape index (κ1) is 20.2. The number of carbonyl (C=O) groups is 2. The van der Waals surface area contributed by atoms with Crippen molar-refractivity contribution < 1.29 is 22.7 Å². The van der Waals surface area contributed by atoms with Gasteiger partial charge in [-0.1, -0.05) is 24.3 Å². The van der Waals surface area contributed by atoms with Gasteiger partial charge in [-0.2, -0.15) is 0 Å². The Balaban J connectivity index is 1.78. The number of hydrogen-bond donors (Lipinski definition) is 1. The summed E-state index contributed by atoms with van der Waals surface area (Å²) in [5.41, 5.74) is 0.599. The molecule has 30 heavy (non-hydrogen) atoms. The molecule has 1 N–H and O–H groups in total. The molecule has 1 aliphatic carbocycles. The van der Waals surface area contributed by atoms with Crippen LogP contribution in [-0.4, -0.2) is 44.6 Å². The summed E-state index contributed by atoms with van der Waals surface area (Å²) >= 11 is 0. The number of fused-ring (bicyclic) bond motifs is 1. The molecule has 0 bridgehead atoms. The lowest BCUT2D eigenvalue weighted by atomic mass is 9.92.